The molecule has 0 N–H and O–H groups in total. The van der Waals surface area contributed by atoms with Gasteiger partial charge in [0.05, 0.1) is 24.7 Å². The molecule has 0 aliphatic rings. The van der Waals surface area contributed by atoms with E-state index in [1.165, 1.54) is 5.56 Å². The van der Waals surface area contributed by atoms with Gasteiger partial charge < -0.3 is 9.47 Å². The summed E-state index contributed by atoms with van der Waals surface area (Å²) in [5.74, 6) is 0.0747. The lowest BCUT2D eigenvalue weighted by atomic mass is 9.97. The van der Waals surface area contributed by atoms with Gasteiger partial charge in [-0.15, -0.1) is 13.2 Å². The van der Waals surface area contributed by atoms with E-state index in [1.54, 1.807) is 12.1 Å². The van der Waals surface area contributed by atoms with E-state index in [0.717, 1.165) is 50.5 Å². The number of carbonyl (C=O) groups is 2. The van der Waals surface area contributed by atoms with Crippen LogP contribution in [0, 0.1) is 5.92 Å². The van der Waals surface area contributed by atoms with E-state index in [1.807, 2.05) is 49.4 Å². The summed E-state index contributed by atoms with van der Waals surface area (Å²) >= 11 is 0. The monoisotopic (exact) mass is 492 g/mol. The number of unbranched alkanes of at least 4 members (excludes halogenated alkanes) is 4. The Morgan fingerprint density at radius 3 is 1.86 bits per heavy atom. The molecule has 0 saturated carbocycles. The van der Waals surface area contributed by atoms with Crippen molar-refractivity contribution in [1.82, 2.24) is 0 Å². The van der Waals surface area contributed by atoms with Crippen molar-refractivity contribution in [2.24, 2.45) is 5.92 Å². The molecule has 2 aromatic rings. The normalized spacial score (nSPS) is 11.1. The Labute approximate surface area is 218 Å². The molecule has 0 aliphatic heterocycles. The summed E-state index contributed by atoms with van der Waals surface area (Å²) in [7, 11) is 0. The quantitative estimate of drug-likeness (QED) is 0.143. The molecule has 0 radical (unpaired) electrons. The van der Waals surface area contributed by atoms with Crippen molar-refractivity contribution in [3.05, 3.63) is 96.6 Å². The molecule has 0 bridgehead atoms. The predicted molar refractivity (Wildman–Crippen MR) is 149 cm³/mol. The van der Waals surface area contributed by atoms with Gasteiger partial charge in [-0.25, -0.2) is 4.79 Å². The minimum Gasteiger partial charge on any atom is -0.465 e. The van der Waals surface area contributed by atoms with Gasteiger partial charge in [-0.3, -0.25) is 4.79 Å². The van der Waals surface area contributed by atoms with Gasteiger partial charge in [0.15, 0.2) is 0 Å². The van der Waals surface area contributed by atoms with Crippen molar-refractivity contribution >= 4 is 11.9 Å². The fourth-order valence-electron chi connectivity index (χ4n) is 3.45. The molecule has 0 spiro atoms. The molecule has 2 rings (SSSR count). The van der Waals surface area contributed by atoms with Crippen LogP contribution in [0.2, 0.25) is 0 Å². The first-order valence-corrected chi connectivity index (χ1v) is 13.1. The molecule has 4 heteroatoms. The van der Waals surface area contributed by atoms with Crippen LogP contribution in [0.25, 0.3) is 0 Å². The Morgan fingerprint density at radius 1 is 0.778 bits per heavy atom. The summed E-state index contributed by atoms with van der Waals surface area (Å²) in [6.45, 7) is 14.6. The average molecular weight is 493 g/mol. The SMILES string of the molecule is C=CCCCCOC(=O)C(C)c1ccc(CC(C)C)cc1.C=CCCCCOC(=O)c1ccccc1. The number of carbonyl (C=O) groups excluding carboxylic acids is 2. The van der Waals surface area contributed by atoms with Gasteiger partial charge in [-0.1, -0.05) is 68.5 Å². The predicted octanol–water partition coefficient (Wildman–Crippen LogP) is 8.09. The van der Waals surface area contributed by atoms with Gasteiger partial charge in [0, 0.05) is 0 Å². The summed E-state index contributed by atoms with van der Waals surface area (Å²) in [5, 5.41) is 0. The number of hydrogen-bond acceptors (Lipinski definition) is 4. The maximum Gasteiger partial charge on any atom is 0.338 e. The van der Waals surface area contributed by atoms with E-state index in [2.05, 4.69) is 39.1 Å². The summed E-state index contributed by atoms with van der Waals surface area (Å²) in [4.78, 5) is 23.4. The lowest BCUT2D eigenvalue weighted by Gasteiger charge is -2.13. The van der Waals surface area contributed by atoms with Crippen molar-refractivity contribution in [2.45, 2.75) is 71.6 Å². The van der Waals surface area contributed by atoms with E-state index < -0.39 is 0 Å². The molecule has 2 aromatic carbocycles. The Morgan fingerprint density at radius 2 is 1.33 bits per heavy atom. The standard InChI is InChI=1S/C19H28O2.C13H16O2/c1-5-6-7-8-13-21-19(20)16(4)18-11-9-17(10-12-18)14-15(2)3;1-2-3-4-8-11-15-13(14)12-9-6-5-7-10-12/h5,9-12,15-16H,1,6-8,13-14H2,2-4H3;2,5-7,9-10H,1,3-4,8,11H2. The van der Waals surface area contributed by atoms with Crippen LogP contribution in [0.5, 0.6) is 0 Å². The van der Waals surface area contributed by atoms with Crippen molar-refractivity contribution in [3.8, 4) is 0 Å². The minimum atomic E-state index is -0.241. The van der Waals surface area contributed by atoms with Crippen LogP contribution in [0.3, 0.4) is 0 Å². The maximum atomic E-state index is 12.0. The zero-order chi connectivity index (χ0) is 26.6. The Bertz CT molecular complexity index is 884. The summed E-state index contributed by atoms with van der Waals surface area (Å²) < 4.78 is 10.4. The van der Waals surface area contributed by atoms with Crippen LogP contribution in [-0.4, -0.2) is 25.2 Å². The lowest BCUT2D eigenvalue weighted by molar-refractivity contribution is -0.145. The topological polar surface area (TPSA) is 52.6 Å². The molecular weight excluding hydrogens is 448 g/mol. The highest BCUT2D eigenvalue weighted by molar-refractivity contribution is 5.89. The first kappa shape index (κ1) is 30.9. The highest BCUT2D eigenvalue weighted by atomic mass is 16.5. The average Bonchev–Trinajstić information content (AvgIpc) is 2.89. The second kappa shape index (κ2) is 19.1. The molecule has 196 valence electrons. The number of esters is 2. The highest BCUT2D eigenvalue weighted by Gasteiger charge is 2.16. The molecule has 1 unspecified atom stereocenters. The van der Waals surface area contributed by atoms with Gasteiger partial charge in [-0.05, 0) is 81.0 Å². The fourth-order valence-corrected chi connectivity index (χ4v) is 3.45. The van der Waals surface area contributed by atoms with Crippen molar-refractivity contribution in [1.29, 1.82) is 0 Å². The molecule has 0 saturated heterocycles. The Hall–Kier alpha value is -3.14. The third-order valence-electron chi connectivity index (χ3n) is 5.57. The lowest BCUT2D eigenvalue weighted by Crippen LogP contribution is -2.14. The number of ether oxygens (including phenoxy) is 2. The van der Waals surface area contributed by atoms with Crippen LogP contribution < -0.4 is 0 Å². The molecule has 1 atom stereocenters. The van der Waals surface area contributed by atoms with Gasteiger partial charge in [-0.2, -0.15) is 0 Å². The van der Waals surface area contributed by atoms with Crippen LogP contribution in [0.1, 0.15) is 86.7 Å². The molecular formula is C32H44O4. The second-order valence-electron chi connectivity index (χ2n) is 9.30. The number of rotatable bonds is 15. The minimum absolute atomic E-state index is 0.134. The highest BCUT2D eigenvalue weighted by Crippen LogP contribution is 2.19. The number of benzene rings is 2. The third kappa shape index (κ3) is 13.7. The third-order valence-corrected chi connectivity index (χ3v) is 5.57. The van der Waals surface area contributed by atoms with Crippen LogP contribution in [-0.2, 0) is 20.7 Å². The molecule has 0 aliphatic carbocycles. The van der Waals surface area contributed by atoms with E-state index >= 15 is 0 Å². The molecule has 0 fully saturated rings. The van der Waals surface area contributed by atoms with Crippen LogP contribution in [0.15, 0.2) is 79.9 Å². The largest absolute Gasteiger partial charge is 0.465 e. The second-order valence-corrected chi connectivity index (χ2v) is 9.30. The zero-order valence-corrected chi connectivity index (χ0v) is 22.4. The zero-order valence-electron chi connectivity index (χ0n) is 22.4. The van der Waals surface area contributed by atoms with Crippen LogP contribution >= 0.6 is 0 Å². The van der Waals surface area contributed by atoms with Crippen LogP contribution in [0.4, 0.5) is 0 Å². The number of allylic oxidation sites excluding steroid dienone is 2. The number of hydrogen-bond donors (Lipinski definition) is 0. The van der Waals surface area contributed by atoms with Gasteiger partial charge in [0.2, 0.25) is 0 Å². The first-order valence-electron chi connectivity index (χ1n) is 13.1. The molecule has 0 aromatic heterocycles. The Balaban J connectivity index is 0.000000381. The first-order chi connectivity index (χ1) is 17.4. The molecule has 0 amide bonds. The van der Waals surface area contributed by atoms with E-state index in [-0.39, 0.29) is 17.9 Å². The fraction of sp³-hybridized carbons (Fsp3) is 0.438. The van der Waals surface area contributed by atoms with E-state index in [9.17, 15) is 9.59 Å². The van der Waals surface area contributed by atoms with Crippen molar-refractivity contribution < 1.29 is 19.1 Å². The summed E-state index contributed by atoms with van der Waals surface area (Å²) in [5.41, 5.74) is 2.96. The maximum absolute atomic E-state index is 12.0. The van der Waals surface area contributed by atoms with Crippen molar-refractivity contribution in [2.75, 3.05) is 13.2 Å². The van der Waals surface area contributed by atoms with E-state index in [4.69, 9.17) is 9.47 Å². The van der Waals surface area contributed by atoms with E-state index in [0.29, 0.717) is 24.7 Å². The summed E-state index contributed by atoms with van der Waals surface area (Å²) in [6, 6.07) is 17.4. The summed E-state index contributed by atoms with van der Waals surface area (Å²) in [6.07, 6.45) is 10.6. The smallest absolute Gasteiger partial charge is 0.338 e. The van der Waals surface area contributed by atoms with Crippen molar-refractivity contribution in [3.63, 3.8) is 0 Å². The molecule has 0 heterocycles. The van der Waals surface area contributed by atoms with Gasteiger partial charge >= 0.3 is 11.9 Å². The van der Waals surface area contributed by atoms with Gasteiger partial charge in [0.25, 0.3) is 0 Å². The molecule has 4 nitrogen and oxygen atoms in total. The Kier molecular flexibility index (Phi) is 16.4. The molecule has 36 heavy (non-hydrogen) atoms. The van der Waals surface area contributed by atoms with Gasteiger partial charge in [0.1, 0.15) is 0 Å².